The fraction of sp³-hybridized carbons (Fsp3) is 1.00. The Morgan fingerprint density at radius 3 is 3.00 bits per heavy atom. The molecule has 1 fully saturated rings. The second-order valence-electron chi connectivity index (χ2n) is 3.29. The summed E-state index contributed by atoms with van der Waals surface area (Å²) < 4.78 is 5.46. The number of ether oxygens (including phenoxy) is 1. The molecule has 1 aliphatic rings. The van der Waals surface area contributed by atoms with E-state index in [-0.39, 0.29) is 0 Å². The lowest BCUT2D eigenvalue weighted by Crippen LogP contribution is -2.26. The largest absolute Gasteiger partial charge is 0.379 e. The van der Waals surface area contributed by atoms with Gasteiger partial charge in [0, 0.05) is 12.6 Å². The maximum absolute atomic E-state index is 5.46. The summed E-state index contributed by atoms with van der Waals surface area (Å²) in [5.41, 5.74) is 0. The number of rotatable bonds is 4. The molecule has 1 rings (SSSR count). The summed E-state index contributed by atoms with van der Waals surface area (Å²) in [6, 6.07) is 0.719. The highest BCUT2D eigenvalue weighted by atomic mass is 16.5. The Balaban J connectivity index is 2.08. The van der Waals surface area contributed by atoms with Crippen LogP contribution in [0.25, 0.3) is 0 Å². The summed E-state index contributed by atoms with van der Waals surface area (Å²) in [6.07, 6.45) is 4.27. The van der Waals surface area contributed by atoms with Gasteiger partial charge in [-0.25, -0.2) is 0 Å². The van der Waals surface area contributed by atoms with Crippen molar-refractivity contribution < 1.29 is 4.74 Å². The van der Waals surface area contributed by atoms with Crippen LogP contribution in [0.3, 0.4) is 0 Å². The zero-order valence-corrected chi connectivity index (χ0v) is 7.60. The first kappa shape index (κ1) is 9.01. The molecule has 2 atom stereocenters. The lowest BCUT2D eigenvalue weighted by atomic mass is 10.1. The first-order valence-electron chi connectivity index (χ1n) is 4.68. The lowest BCUT2D eigenvalue weighted by molar-refractivity contribution is 0.0639. The molecule has 1 heterocycles. The smallest absolute Gasteiger partial charge is 0.0561 e. The Bertz CT molecular complexity index is 99.7. The summed E-state index contributed by atoms with van der Waals surface area (Å²) in [4.78, 5) is 0. The molecule has 1 N–H and O–H groups in total. The molecule has 2 unspecified atom stereocenters. The van der Waals surface area contributed by atoms with Crippen LogP contribution in [0.1, 0.15) is 33.1 Å². The molecule has 0 radical (unpaired) electrons. The SMILES string of the molecule is CCOC(C)CC1CCCN1. The summed E-state index contributed by atoms with van der Waals surface area (Å²) in [7, 11) is 0. The molecule has 0 aromatic rings. The van der Waals surface area contributed by atoms with Gasteiger partial charge in [0.2, 0.25) is 0 Å². The third-order valence-corrected chi connectivity index (χ3v) is 2.23. The fourth-order valence-corrected chi connectivity index (χ4v) is 1.71. The van der Waals surface area contributed by atoms with Gasteiger partial charge in [-0.2, -0.15) is 0 Å². The predicted molar refractivity (Wildman–Crippen MR) is 46.7 cm³/mol. The van der Waals surface area contributed by atoms with Crippen molar-refractivity contribution in [2.45, 2.75) is 45.3 Å². The van der Waals surface area contributed by atoms with Gasteiger partial charge < -0.3 is 10.1 Å². The topological polar surface area (TPSA) is 21.3 Å². The Morgan fingerprint density at radius 1 is 1.64 bits per heavy atom. The average molecular weight is 157 g/mol. The van der Waals surface area contributed by atoms with E-state index >= 15 is 0 Å². The summed E-state index contributed by atoms with van der Waals surface area (Å²) in [6.45, 7) is 6.25. The minimum atomic E-state index is 0.426. The van der Waals surface area contributed by atoms with Crippen molar-refractivity contribution in [3.05, 3.63) is 0 Å². The van der Waals surface area contributed by atoms with Crippen LogP contribution in [0.2, 0.25) is 0 Å². The molecule has 0 aromatic heterocycles. The highest BCUT2D eigenvalue weighted by Gasteiger charge is 2.16. The maximum Gasteiger partial charge on any atom is 0.0561 e. The molecular weight excluding hydrogens is 138 g/mol. The van der Waals surface area contributed by atoms with E-state index in [0.29, 0.717) is 6.10 Å². The van der Waals surface area contributed by atoms with Gasteiger partial charge in [-0.05, 0) is 39.7 Å². The lowest BCUT2D eigenvalue weighted by Gasteiger charge is -2.16. The maximum atomic E-state index is 5.46. The van der Waals surface area contributed by atoms with Crippen LogP contribution in [0.4, 0.5) is 0 Å². The van der Waals surface area contributed by atoms with Gasteiger partial charge in [0.1, 0.15) is 0 Å². The number of hydrogen-bond acceptors (Lipinski definition) is 2. The van der Waals surface area contributed by atoms with Crippen molar-refractivity contribution in [3.8, 4) is 0 Å². The molecule has 1 aliphatic heterocycles. The minimum Gasteiger partial charge on any atom is -0.379 e. The molecule has 0 saturated carbocycles. The molecule has 0 aromatic carbocycles. The molecule has 0 spiro atoms. The van der Waals surface area contributed by atoms with Crippen molar-refractivity contribution in [3.63, 3.8) is 0 Å². The number of nitrogens with one attached hydrogen (secondary N) is 1. The molecule has 66 valence electrons. The van der Waals surface area contributed by atoms with E-state index in [1.807, 2.05) is 0 Å². The van der Waals surface area contributed by atoms with Gasteiger partial charge >= 0.3 is 0 Å². The molecule has 0 aliphatic carbocycles. The minimum absolute atomic E-state index is 0.426. The van der Waals surface area contributed by atoms with E-state index in [0.717, 1.165) is 12.6 Å². The van der Waals surface area contributed by atoms with Crippen LogP contribution >= 0.6 is 0 Å². The summed E-state index contributed by atoms with van der Waals surface area (Å²) in [5, 5.41) is 3.47. The van der Waals surface area contributed by atoms with Crippen molar-refractivity contribution in [1.29, 1.82) is 0 Å². The molecule has 2 nitrogen and oxygen atoms in total. The first-order chi connectivity index (χ1) is 5.33. The third-order valence-electron chi connectivity index (χ3n) is 2.23. The molecule has 0 amide bonds. The van der Waals surface area contributed by atoms with Crippen LogP contribution < -0.4 is 5.32 Å². The quantitative estimate of drug-likeness (QED) is 0.668. The molecular formula is C9H19NO. The van der Waals surface area contributed by atoms with E-state index in [1.165, 1.54) is 25.8 Å². The molecule has 2 heteroatoms. The summed E-state index contributed by atoms with van der Waals surface area (Å²) in [5.74, 6) is 0. The van der Waals surface area contributed by atoms with E-state index in [4.69, 9.17) is 4.74 Å². The predicted octanol–water partition coefficient (Wildman–Crippen LogP) is 1.55. The van der Waals surface area contributed by atoms with Gasteiger partial charge in [-0.15, -0.1) is 0 Å². The second-order valence-corrected chi connectivity index (χ2v) is 3.29. The Labute approximate surface area is 69.3 Å². The fourth-order valence-electron chi connectivity index (χ4n) is 1.71. The van der Waals surface area contributed by atoms with Crippen LogP contribution in [0.15, 0.2) is 0 Å². The van der Waals surface area contributed by atoms with Crippen LogP contribution in [-0.4, -0.2) is 25.3 Å². The van der Waals surface area contributed by atoms with Crippen molar-refractivity contribution >= 4 is 0 Å². The Kier molecular flexibility index (Phi) is 3.87. The second kappa shape index (κ2) is 4.73. The van der Waals surface area contributed by atoms with E-state index < -0.39 is 0 Å². The normalized spacial score (nSPS) is 27.3. The zero-order valence-electron chi connectivity index (χ0n) is 7.60. The van der Waals surface area contributed by atoms with E-state index in [2.05, 4.69) is 19.2 Å². The Hall–Kier alpha value is -0.0800. The van der Waals surface area contributed by atoms with Gasteiger partial charge in [-0.1, -0.05) is 0 Å². The van der Waals surface area contributed by atoms with Crippen LogP contribution in [-0.2, 0) is 4.74 Å². The third kappa shape index (κ3) is 3.21. The molecule has 11 heavy (non-hydrogen) atoms. The van der Waals surface area contributed by atoms with Crippen molar-refractivity contribution in [2.24, 2.45) is 0 Å². The summed E-state index contributed by atoms with van der Waals surface area (Å²) >= 11 is 0. The molecule has 0 bridgehead atoms. The highest BCUT2D eigenvalue weighted by Crippen LogP contribution is 2.12. The van der Waals surface area contributed by atoms with E-state index in [1.54, 1.807) is 0 Å². The highest BCUT2D eigenvalue weighted by molar-refractivity contribution is 4.76. The Morgan fingerprint density at radius 2 is 2.45 bits per heavy atom. The van der Waals surface area contributed by atoms with Gasteiger partial charge in [-0.3, -0.25) is 0 Å². The number of hydrogen-bond donors (Lipinski definition) is 1. The van der Waals surface area contributed by atoms with Crippen molar-refractivity contribution in [1.82, 2.24) is 5.32 Å². The first-order valence-corrected chi connectivity index (χ1v) is 4.68. The van der Waals surface area contributed by atoms with Gasteiger partial charge in [0.05, 0.1) is 6.10 Å². The van der Waals surface area contributed by atoms with Gasteiger partial charge in [0.15, 0.2) is 0 Å². The van der Waals surface area contributed by atoms with Gasteiger partial charge in [0.25, 0.3) is 0 Å². The molecule has 1 saturated heterocycles. The van der Waals surface area contributed by atoms with E-state index in [9.17, 15) is 0 Å². The standard InChI is InChI=1S/C9H19NO/c1-3-11-8(2)7-9-5-4-6-10-9/h8-10H,3-7H2,1-2H3. The zero-order chi connectivity index (χ0) is 8.10. The average Bonchev–Trinajstić information content (AvgIpc) is 2.40. The monoisotopic (exact) mass is 157 g/mol. The van der Waals surface area contributed by atoms with Crippen LogP contribution in [0.5, 0.6) is 0 Å². The van der Waals surface area contributed by atoms with Crippen molar-refractivity contribution in [2.75, 3.05) is 13.2 Å². The van der Waals surface area contributed by atoms with Crippen LogP contribution in [0, 0.1) is 0 Å².